The van der Waals surface area contributed by atoms with Crippen LogP contribution in [0.3, 0.4) is 0 Å². The van der Waals surface area contributed by atoms with E-state index in [2.05, 4.69) is 44.8 Å². The second kappa shape index (κ2) is 8.98. The van der Waals surface area contributed by atoms with Crippen LogP contribution in [0, 0.1) is 13.8 Å². The first kappa shape index (κ1) is 19.9. The number of rotatable bonds is 5. The number of aromatic nitrogens is 3. The number of ether oxygens (including phenoxy) is 1. The third kappa shape index (κ3) is 4.79. The Morgan fingerprint density at radius 1 is 1.20 bits per heavy atom. The lowest BCUT2D eigenvalue weighted by atomic mass is 10.1. The molecule has 1 aliphatic rings. The molecule has 1 aromatic heterocycles. The fraction of sp³-hybridized carbons (Fsp3) is 0.348. The molecule has 1 unspecified atom stereocenters. The van der Waals surface area contributed by atoms with Gasteiger partial charge in [0, 0.05) is 31.6 Å². The van der Waals surface area contributed by atoms with E-state index in [0.29, 0.717) is 6.54 Å². The van der Waals surface area contributed by atoms with Gasteiger partial charge in [-0.1, -0.05) is 30.3 Å². The molecule has 0 fully saturated rings. The van der Waals surface area contributed by atoms with Crippen molar-refractivity contribution in [1.29, 1.82) is 0 Å². The molecule has 4 rings (SSSR count). The lowest BCUT2D eigenvalue weighted by molar-refractivity contribution is 0.392. The van der Waals surface area contributed by atoms with Crippen molar-refractivity contribution in [2.24, 2.45) is 4.99 Å². The average Bonchev–Trinajstić information content (AvgIpc) is 3.11. The number of hydrogen-bond donors (Lipinski definition) is 2. The van der Waals surface area contributed by atoms with Crippen LogP contribution < -0.4 is 15.4 Å². The summed E-state index contributed by atoms with van der Waals surface area (Å²) in [5.41, 5.74) is 2.24. The maximum absolute atomic E-state index is 6.13. The number of guanidine groups is 1. The standard InChI is InChI=1S/C23H28N6O/c1-16-7-6-9-20(13-16)30-21-10-5-4-8-18(21)14-25-23(24-3)27-19-11-12-22-26-17(2)28-29(22)15-19/h4-10,13,19H,11-12,14-15H2,1-3H3,(H2,24,25,27). The monoisotopic (exact) mass is 404 g/mol. The van der Waals surface area contributed by atoms with Crippen molar-refractivity contribution in [1.82, 2.24) is 25.4 Å². The molecule has 0 saturated carbocycles. The predicted octanol–water partition coefficient (Wildman–Crippen LogP) is 3.37. The first-order chi connectivity index (χ1) is 14.6. The molecular weight excluding hydrogens is 376 g/mol. The van der Waals surface area contributed by atoms with Gasteiger partial charge >= 0.3 is 0 Å². The van der Waals surface area contributed by atoms with Crippen LogP contribution in [0.4, 0.5) is 0 Å². The van der Waals surface area contributed by atoms with Gasteiger partial charge in [0.1, 0.15) is 23.1 Å². The molecule has 0 bridgehead atoms. The second-order valence-electron chi connectivity index (χ2n) is 7.59. The van der Waals surface area contributed by atoms with Crippen molar-refractivity contribution in [3.8, 4) is 11.5 Å². The Hall–Kier alpha value is -3.35. The minimum absolute atomic E-state index is 0.267. The maximum Gasteiger partial charge on any atom is 0.191 e. The number of para-hydroxylation sites is 1. The van der Waals surface area contributed by atoms with Gasteiger partial charge < -0.3 is 15.4 Å². The molecule has 1 aliphatic heterocycles. The van der Waals surface area contributed by atoms with Gasteiger partial charge in [-0.3, -0.25) is 4.99 Å². The molecule has 0 saturated heterocycles. The molecule has 2 heterocycles. The zero-order chi connectivity index (χ0) is 20.9. The summed E-state index contributed by atoms with van der Waals surface area (Å²) in [4.78, 5) is 8.87. The van der Waals surface area contributed by atoms with Crippen LogP contribution in [0.15, 0.2) is 53.5 Å². The summed E-state index contributed by atoms with van der Waals surface area (Å²) in [7, 11) is 1.79. The summed E-state index contributed by atoms with van der Waals surface area (Å²) in [5, 5.41) is 11.4. The van der Waals surface area contributed by atoms with Crippen LogP contribution >= 0.6 is 0 Å². The van der Waals surface area contributed by atoms with Crippen LogP contribution in [0.5, 0.6) is 11.5 Å². The van der Waals surface area contributed by atoms with Crippen molar-refractivity contribution in [3.05, 3.63) is 71.3 Å². The second-order valence-corrected chi connectivity index (χ2v) is 7.59. The fourth-order valence-electron chi connectivity index (χ4n) is 3.67. The summed E-state index contributed by atoms with van der Waals surface area (Å²) < 4.78 is 8.12. The van der Waals surface area contributed by atoms with Gasteiger partial charge in [-0.05, 0) is 44.0 Å². The number of hydrogen-bond acceptors (Lipinski definition) is 4. The number of benzene rings is 2. The van der Waals surface area contributed by atoms with Gasteiger partial charge in [-0.25, -0.2) is 9.67 Å². The molecule has 0 spiro atoms. The molecular formula is C23H28N6O. The lowest BCUT2D eigenvalue weighted by Gasteiger charge is -2.25. The highest BCUT2D eigenvalue weighted by atomic mass is 16.5. The van der Waals surface area contributed by atoms with E-state index in [1.54, 1.807) is 7.05 Å². The third-order valence-corrected chi connectivity index (χ3v) is 5.16. The van der Waals surface area contributed by atoms with Crippen LogP contribution in [0.25, 0.3) is 0 Å². The first-order valence-electron chi connectivity index (χ1n) is 10.3. The van der Waals surface area contributed by atoms with Gasteiger partial charge in [-0.2, -0.15) is 5.10 Å². The zero-order valence-corrected chi connectivity index (χ0v) is 17.7. The largest absolute Gasteiger partial charge is 0.457 e. The molecule has 2 aromatic carbocycles. The topological polar surface area (TPSA) is 76.4 Å². The van der Waals surface area contributed by atoms with Gasteiger partial charge in [-0.15, -0.1) is 0 Å². The van der Waals surface area contributed by atoms with E-state index in [1.807, 2.05) is 48.0 Å². The molecule has 2 N–H and O–H groups in total. The van der Waals surface area contributed by atoms with E-state index in [4.69, 9.17) is 4.74 Å². The lowest BCUT2D eigenvalue weighted by Crippen LogP contribution is -2.46. The molecule has 0 radical (unpaired) electrons. The SMILES string of the molecule is CN=C(NCc1ccccc1Oc1cccc(C)c1)NC1CCc2nc(C)nn2C1. The van der Waals surface area contributed by atoms with Gasteiger partial charge in [0.25, 0.3) is 0 Å². The Bertz CT molecular complexity index is 1040. The van der Waals surface area contributed by atoms with E-state index >= 15 is 0 Å². The predicted molar refractivity (Wildman–Crippen MR) is 118 cm³/mol. The van der Waals surface area contributed by atoms with Crippen molar-refractivity contribution in [3.63, 3.8) is 0 Å². The molecule has 3 aromatic rings. The van der Waals surface area contributed by atoms with Gasteiger partial charge in [0.2, 0.25) is 0 Å². The van der Waals surface area contributed by atoms with Crippen LogP contribution in [0.2, 0.25) is 0 Å². The number of aryl methyl sites for hydroxylation is 3. The minimum atomic E-state index is 0.267. The van der Waals surface area contributed by atoms with E-state index in [0.717, 1.165) is 54.1 Å². The van der Waals surface area contributed by atoms with Crippen LogP contribution in [-0.2, 0) is 19.5 Å². The van der Waals surface area contributed by atoms with Gasteiger partial charge in [0.15, 0.2) is 5.96 Å². The Morgan fingerprint density at radius 3 is 2.90 bits per heavy atom. The number of nitrogens with zero attached hydrogens (tertiary/aromatic N) is 4. The fourth-order valence-corrected chi connectivity index (χ4v) is 3.67. The van der Waals surface area contributed by atoms with E-state index in [-0.39, 0.29) is 6.04 Å². The Kier molecular flexibility index (Phi) is 5.97. The zero-order valence-electron chi connectivity index (χ0n) is 17.7. The first-order valence-corrected chi connectivity index (χ1v) is 10.3. The molecule has 7 heteroatoms. The molecule has 1 atom stereocenters. The molecule has 0 amide bonds. The number of fused-ring (bicyclic) bond motifs is 1. The molecule has 30 heavy (non-hydrogen) atoms. The highest BCUT2D eigenvalue weighted by Crippen LogP contribution is 2.25. The summed E-state index contributed by atoms with van der Waals surface area (Å²) >= 11 is 0. The van der Waals surface area contributed by atoms with Crippen molar-refractivity contribution >= 4 is 5.96 Å². The average molecular weight is 405 g/mol. The minimum Gasteiger partial charge on any atom is -0.457 e. The summed E-state index contributed by atoms with van der Waals surface area (Å²) in [6.07, 6.45) is 1.93. The van der Waals surface area contributed by atoms with Crippen LogP contribution in [0.1, 0.15) is 29.2 Å². The van der Waals surface area contributed by atoms with Crippen molar-refractivity contribution in [2.45, 2.75) is 45.8 Å². The molecule has 0 aliphatic carbocycles. The molecule has 7 nitrogen and oxygen atoms in total. The summed E-state index contributed by atoms with van der Waals surface area (Å²) in [6.45, 7) is 5.40. The van der Waals surface area contributed by atoms with E-state index < -0.39 is 0 Å². The van der Waals surface area contributed by atoms with Crippen LogP contribution in [-0.4, -0.2) is 33.8 Å². The third-order valence-electron chi connectivity index (χ3n) is 5.16. The maximum atomic E-state index is 6.13. The van der Waals surface area contributed by atoms with E-state index in [9.17, 15) is 0 Å². The Labute approximate surface area is 177 Å². The van der Waals surface area contributed by atoms with Gasteiger partial charge in [0.05, 0.1) is 6.54 Å². The summed E-state index contributed by atoms with van der Waals surface area (Å²) in [5.74, 6) is 4.34. The highest BCUT2D eigenvalue weighted by Gasteiger charge is 2.21. The normalized spacial score (nSPS) is 16.1. The Balaban J connectivity index is 1.38. The summed E-state index contributed by atoms with van der Waals surface area (Å²) in [6, 6.07) is 16.4. The molecule has 156 valence electrons. The smallest absolute Gasteiger partial charge is 0.191 e. The van der Waals surface area contributed by atoms with Crippen molar-refractivity contribution in [2.75, 3.05) is 7.05 Å². The number of aliphatic imine (C=N–C) groups is 1. The number of nitrogens with one attached hydrogen (secondary N) is 2. The van der Waals surface area contributed by atoms with Crippen molar-refractivity contribution < 1.29 is 4.74 Å². The Morgan fingerprint density at radius 2 is 2.07 bits per heavy atom. The highest BCUT2D eigenvalue weighted by molar-refractivity contribution is 5.80. The quantitative estimate of drug-likeness (QED) is 0.504. The van der Waals surface area contributed by atoms with E-state index in [1.165, 1.54) is 5.56 Å².